The summed E-state index contributed by atoms with van der Waals surface area (Å²) >= 11 is 0. The molecule has 100 valence electrons. The second-order valence-corrected chi connectivity index (χ2v) is 5.32. The van der Waals surface area contributed by atoms with E-state index in [-0.39, 0.29) is 5.91 Å². The average molecular weight is 257 g/mol. The first-order valence-electron chi connectivity index (χ1n) is 6.82. The highest BCUT2D eigenvalue weighted by Crippen LogP contribution is 2.31. The van der Waals surface area contributed by atoms with Crippen LogP contribution < -0.4 is 0 Å². The summed E-state index contributed by atoms with van der Waals surface area (Å²) in [6, 6.07) is 6.33. The maximum atomic E-state index is 11.4. The average Bonchev–Trinajstić information content (AvgIpc) is 2.77. The Morgan fingerprint density at radius 3 is 2.74 bits per heavy atom. The van der Waals surface area contributed by atoms with E-state index in [4.69, 9.17) is 0 Å². The highest BCUT2D eigenvalue weighted by Gasteiger charge is 2.24. The van der Waals surface area contributed by atoms with Crippen LogP contribution in [0.2, 0.25) is 0 Å². The Labute approximate surface area is 113 Å². The number of pyridine rings is 1. The molecule has 2 aromatic rings. The molecule has 0 bridgehead atoms. The first-order valence-corrected chi connectivity index (χ1v) is 6.82. The molecular weight excluding hydrogens is 238 g/mol. The van der Waals surface area contributed by atoms with Crippen LogP contribution in [-0.4, -0.2) is 33.4 Å². The fourth-order valence-corrected chi connectivity index (χ4v) is 3.06. The number of likely N-dealkylation sites (tertiary alicyclic amines) is 1. The molecule has 19 heavy (non-hydrogen) atoms. The van der Waals surface area contributed by atoms with Crippen molar-refractivity contribution in [1.82, 2.24) is 14.5 Å². The van der Waals surface area contributed by atoms with Crippen LogP contribution in [0.1, 0.15) is 31.4 Å². The quantitative estimate of drug-likeness (QED) is 0.786. The molecule has 1 aliphatic heterocycles. The first-order chi connectivity index (χ1) is 9.16. The molecule has 0 spiro atoms. The molecule has 3 heterocycles. The number of amides is 1. The summed E-state index contributed by atoms with van der Waals surface area (Å²) in [5.74, 6) is 0.729. The van der Waals surface area contributed by atoms with Crippen LogP contribution in [0.3, 0.4) is 0 Å². The van der Waals surface area contributed by atoms with Gasteiger partial charge in [-0.05, 0) is 31.0 Å². The van der Waals surface area contributed by atoms with Crippen LogP contribution >= 0.6 is 0 Å². The number of hydrogen-bond acceptors (Lipinski definition) is 2. The lowest BCUT2D eigenvalue weighted by Crippen LogP contribution is -2.36. The van der Waals surface area contributed by atoms with Crippen molar-refractivity contribution < 1.29 is 4.79 Å². The molecule has 1 amide bonds. The molecule has 0 atom stereocenters. The zero-order valence-corrected chi connectivity index (χ0v) is 11.5. The minimum Gasteiger partial charge on any atom is -0.343 e. The molecule has 2 aromatic heterocycles. The first kappa shape index (κ1) is 12.2. The Hall–Kier alpha value is -1.84. The van der Waals surface area contributed by atoms with Gasteiger partial charge >= 0.3 is 0 Å². The maximum Gasteiger partial charge on any atom is 0.219 e. The van der Waals surface area contributed by atoms with Crippen molar-refractivity contribution in [3.63, 3.8) is 0 Å². The SMILES string of the molecule is CC(=O)N1CCC(c2cc3cccnc3n2C)CC1. The monoisotopic (exact) mass is 257 g/mol. The van der Waals surface area contributed by atoms with E-state index in [9.17, 15) is 4.79 Å². The zero-order valence-electron chi connectivity index (χ0n) is 11.5. The summed E-state index contributed by atoms with van der Waals surface area (Å²) in [4.78, 5) is 17.7. The molecule has 0 aliphatic carbocycles. The van der Waals surface area contributed by atoms with Crippen LogP contribution in [-0.2, 0) is 11.8 Å². The summed E-state index contributed by atoms with van der Waals surface area (Å²) in [6.45, 7) is 3.39. The van der Waals surface area contributed by atoms with Gasteiger partial charge in [-0.15, -0.1) is 0 Å². The Morgan fingerprint density at radius 2 is 2.11 bits per heavy atom. The van der Waals surface area contributed by atoms with Crippen LogP contribution in [0, 0.1) is 0 Å². The van der Waals surface area contributed by atoms with Gasteiger partial charge in [0.05, 0.1) is 0 Å². The van der Waals surface area contributed by atoms with E-state index in [0.717, 1.165) is 31.6 Å². The van der Waals surface area contributed by atoms with Crippen molar-refractivity contribution in [3.8, 4) is 0 Å². The number of carbonyl (C=O) groups is 1. The molecular formula is C15H19N3O. The van der Waals surface area contributed by atoms with Crippen LogP contribution in [0.15, 0.2) is 24.4 Å². The van der Waals surface area contributed by atoms with Gasteiger partial charge in [-0.2, -0.15) is 0 Å². The summed E-state index contributed by atoms with van der Waals surface area (Å²) in [6.07, 6.45) is 3.93. The van der Waals surface area contributed by atoms with Gasteiger partial charge in [0, 0.05) is 50.3 Å². The predicted octanol–water partition coefficient (Wildman–Crippen LogP) is 2.30. The van der Waals surface area contributed by atoms with Crippen molar-refractivity contribution >= 4 is 16.9 Å². The van der Waals surface area contributed by atoms with Crippen LogP contribution in [0.4, 0.5) is 0 Å². The molecule has 0 saturated carbocycles. The minimum atomic E-state index is 0.192. The molecule has 0 radical (unpaired) electrons. The lowest BCUT2D eigenvalue weighted by molar-refractivity contribution is -0.129. The molecule has 4 heteroatoms. The topological polar surface area (TPSA) is 38.1 Å². The van der Waals surface area contributed by atoms with Gasteiger partial charge in [0.2, 0.25) is 5.91 Å². The van der Waals surface area contributed by atoms with E-state index >= 15 is 0 Å². The lowest BCUT2D eigenvalue weighted by atomic mass is 9.93. The second kappa shape index (κ2) is 4.68. The number of nitrogens with zero attached hydrogens (tertiary/aromatic N) is 3. The molecule has 1 fully saturated rings. The fourth-order valence-electron chi connectivity index (χ4n) is 3.06. The Bertz CT molecular complexity index is 609. The lowest BCUT2D eigenvalue weighted by Gasteiger charge is -2.31. The normalized spacial score (nSPS) is 17.1. The summed E-state index contributed by atoms with van der Waals surface area (Å²) in [5.41, 5.74) is 2.39. The highest BCUT2D eigenvalue weighted by molar-refractivity contribution is 5.77. The van der Waals surface area contributed by atoms with Crippen molar-refractivity contribution in [2.75, 3.05) is 13.1 Å². The van der Waals surface area contributed by atoms with Gasteiger partial charge in [0.25, 0.3) is 0 Å². The number of aromatic nitrogens is 2. The number of rotatable bonds is 1. The van der Waals surface area contributed by atoms with Crippen molar-refractivity contribution in [1.29, 1.82) is 0 Å². The maximum absolute atomic E-state index is 11.4. The highest BCUT2D eigenvalue weighted by atomic mass is 16.2. The third-order valence-electron chi connectivity index (χ3n) is 4.18. The number of hydrogen-bond donors (Lipinski definition) is 0. The van der Waals surface area contributed by atoms with E-state index in [2.05, 4.69) is 28.7 Å². The Balaban J connectivity index is 1.86. The minimum absolute atomic E-state index is 0.192. The van der Waals surface area contributed by atoms with Gasteiger partial charge in [-0.25, -0.2) is 4.98 Å². The smallest absolute Gasteiger partial charge is 0.219 e. The number of carbonyl (C=O) groups excluding carboxylic acids is 1. The van der Waals surface area contributed by atoms with E-state index in [0.29, 0.717) is 5.92 Å². The molecule has 0 aromatic carbocycles. The zero-order chi connectivity index (χ0) is 13.4. The second-order valence-electron chi connectivity index (χ2n) is 5.32. The molecule has 3 rings (SSSR count). The van der Waals surface area contributed by atoms with Gasteiger partial charge in [-0.1, -0.05) is 0 Å². The summed E-state index contributed by atoms with van der Waals surface area (Å²) in [5, 5.41) is 1.20. The number of aryl methyl sites for hydroxylation is 1. The van der Waals surface area contributed by atoms with E-state index in [1.54, 1.807) is 6.92 Å². The van der Waals surface area contributed by atoms with Crippen molar-refractivity contribution in [3.05, 3.63) is 30.1 Å². The van der Waals surface area contributed by atoms with Crippen LogP contribution in [0.25, 0.3) is 11.0 Å². The van der Waals surface area contributed by atoms with E-state index in [1.807, 2.05) is 17.2 Å². The molecule has 1 aliphatic rings. The Kier molecular flexibility index (Phi) is 3.01. The predicted molar refractivity (Wildman–Crippen MR) is 74.9 cm³/mol. The third kappa shape index (κ3) is 2.11. The van der Waals surface area contributed by atoms with E-state index < -0.39 is 0 Å². The van der Waals surface area contributed by atoms with Crippen molar-refractivity contribution in [2.24, 2.45) is 7.05 Å². The van der Waals surface area contributed by atoms with Crippen LogP contribution in [0.5, 0.6) is 0 Å². The van der Waals surface area contributed by atoms with E-state index in [1.165, 1.54) is 11.1 Å². The molecule has 4 nitrogen and oxygen atoms in total. The largest absolute Gasteiger partial charge is 0.343 e. The number of piperidine rings is 1. The van der Waals surface area contributed by atoms with Crippen molar-refractivity contribution in [2.45, 2.75) is 25.7 Å². The number of fused-ring (bicyclic) bond motifs is 1. The standard InChI is InChI=1S/C15H19N3O/c1-11(19)18-8-5-12(6-9-18)14-10-13-4-3-7-16-15(13)17(14)2/h3-4,7,10,12H,5-6,8-9H2,1-2H3. The fraction of sp³-hybridized carbons (Fsp3) is 0.467. The summed E-state index contributed by atoms with van der Waals surface area (Å²) in [7, 11) is 2.09. The molecule has 0 N–H and O–H groups in total. The van der Waals surface area contributed by atoms with Gasteiger partial charge < -0.3 is 9.47 Å². The van der Waals surface area contributed by atoms with Gasteiger partial charge in [-0.3, -0.25) is 4.79 Å². The van der Waals surface area contributed by atoms with Gasteiger partial charge in [0.1, 0.15) is 5.65 Å². The molecule has 0 unspecified atom stereocenters. The van der Waals surface area contributed by atoms with Gasteiger partial charge in [0.15, 0.2) is 0 Å². The summed E-state index contributed by atoms with van der Waals surface area (Å²) < 4.78 is 2.20. The third-order valence-corrected chi connectivity index (χ3v) is 4.18. The molecule has 1 saturated heterocycles. The Morgan fingerprint density at radius 1 is 1.37 bits per heavy atom.